The Morgan fingerprint density at radius 3 is 0.370 bits per heavy atom. The van der Waals surface area contributed by atoms with Gasteiger partial charge in [-0.2, -0.15) is 0 Å². The van der Waals surface area contributed by atoms with Gasteiger partial charge >= 0.3 is 0 Å². The number of aromatic amines is 14. The van der Waals surface area contributed by atoms with Gasteiger partial charge < -0.3 is 152 Å². The van der Waals surface area contributed by atoms with E-state index < -0.39 is 0 Å². The van der Waals surface area contributed by atoms with Crippen LogP contribution in [0, 0.1) is 55.4 Å². The fourth-order valence-corrected chi connectivity index (χ4v) is 2.94. The molecule has 42 nitrogen and oxygen atoms in total. The quantitative estimate of drug-likeness (QED) is 0.0780. The zero-order chi connectivity index (χ0) is 35.2. The van der Waals surface area contributed by atoms with Crippen molar-refractivity contribution in [3.8, 4) is 0 Å². The predicted octanol–water partition coefficient (Wildman–Crippen LogP) is -2.26. The third-order valence-corrected chi connectivity index (χ3v) is 5.37. The van der Waals surface area contributed by atoms with Crippen molar-refractivity contribution >= 4 is 0 Å². The summed E-state index contributed by atoms with van der Waals surface area (Å²) < 4.78 is 0. The van der Waals surface area contributed by atoms with Crippen LogP contribution in [-0.4, -0.2) is 60.8 Å². The van der Waals surface area contributed by atoms with Crippen molar-refractivity contribution in [2.45, 2.75) is 55.4 Å². The van der Waals surface area contributed by atoms with Crippen LogP contribution in [0.1, 0.15) is 46.6 Å². The number of nitrogens with one attached hydrogen (secondary N) is 14. The molecule has 0 aliphatic heterocycles. The van der Waals surface area contributed by atoms with Gasteiger partial charge in [0.1, 0.15) is 86.0 Å². The summed E-state index contributed by atoms with van der Waals surface area (Å²) in [4.78, 5) is 48.8. The minimum atomic E-state index is 0. The predicted molar refractivity (Wildman–Crippen MR) is 203 cm³/mol. The van der Waals surface area contributed by atoms with Crippen LogP contribution in [-0.2, 0) is 279 Å². The Morgan fingerprint density at radius 1 is 0.222 bits per heavy atom. The summed E-state index contributed by atoms with van der Waals surface area (Å²) in [6, 6.07) is 0. The van der Waals surface area contributed by atoms with Gasteiger partial charge in [0.25, 0.3) is 0 Å². The number of hydrogen-bond acceptors (Lipinski definition) is 2. The molecular formula is C32H58Mo7N16O26-42. The molecule has 0 bridgehead atoms. The van der Waals surface area contributed by atoms with Crippen molar-refractivity contribution in [1.82, 2.24) is 49.8 Å². The van der Waals surface area contributed by atoms with E-state index in [1.54, 1.807) is 24.8 Å². The molecule has 8 aromatic rings. The number of rotatable bonds is 0. The van der Waals surface area contributed by atoms with E-state index in [1.165, 1.54) is 0 Å². The Bertz CT molecular complexity index is 1360. The Labute approximate surface area is 565 Å². The van der Waals surface area contributed by atoms with Gasteiger partial charge in [-0.15, -0.1) is 0 Å². The Balaban J connectivity index is -0.00000000991. The molecule has 0 unspecified atom stereocenters. The van der Waals surface area contributed by atoms with E-state index in [-0.39, 0.29) is 290 Å². The number of nitrogens with zero attached hydrogens (tertiary/aromatic N) is 2. The first-order valence-corrected chi connectivity index (χ1v) is 15.2. The zero-order valence-corrected chi connectivity index (χ0v) is 56.8. The minimum Gasteiger partial charge on any atom is -2.00 e. The summed E-state index contributed by atoms with van der Waals surface area (Å²) in [6.07, 6.45) is 29.3. The third kappa shape index (κ3) is 154. The average Bonchev–Trinajstić information content (AvgIpc) is 3.87. The summed E-state index contributed by atoms with van der Waals surface area (Å²) >= 11 is 0. The number of aromatic nitrogens is 16. The Kier molecular flexibility index (Phi) is 446. The second-order valence-corrected chi connectivity index (χ2v) is 9.83. The standard InChI is InChI=1S/8C4H6N2.7Mo.2H2O.24O/c8*1-4-5-2-3-6-4;;;;;;;;;;;;;;;;;;;;;;;;;;;;;;;;;/h8*2-3H,1H3,(H,5,6);;;;;;;;2*1H2;;;;;;;;;;;;;;;;;;;;;;;;/q;;;;;;;;;;;;;;;;;24*-2/p+6. The van der Waals surface area contributed by atoms with Crippen molar-refractivity contribution in [3.05, 3.63) is 146 Å². The van der Waals surface area contributed by atoms with E-state index in [9.17, 15) is 0 Å². The Hall–Kier alpha value is -2.54. The van der Waals surface area contributed by atoms with Crippen LogP contribution in [0.25, 0.3) is 0 Å². The molecule has 0 aromatic carbocycles. The molecule has 18 N–H and O–H groups in total. The van der Waals surface area contributed by atoms with Gasteiger partial charge in [0.2, 0.25) is 34.9 Å². The van der Waals surface area contributed by atoms with Crippen LogP contribution in [0.15, 0.2) is 99.1 Å². The monoisotopic (exact) mass is 1770 g/mol. The second-order valence-electron chi connectivity index (χ2n) is 9.83. The van der Waals surface area contributed by atoms with Gasteiger partial charge in [0, 0.05) is 214 Å². The summed E-state index contributed by atoms with van der Waals surface area (Å²) in [5, 5.41) is 0. The van der Waals surface area contributed by atoms with Crippen LogP contribution in [0.5, 0.6) is 0 Å². The van der Waals surface area contributed by atoms with E-state index >= 15 is 0 Å². The number of H-pyrrole nitrogens is 14. The van der Waals surface area contributed by atoms with E-state index in [1.807, 2.05) is 130 Å². The first-order valence-electron chi connectivity index (χ1n) is 15.2. The van der Waals surface area contributed by atoms with E-state index in [0.717, 1.165) is 46.6 Å². The summed E-state index contributed by atoms with van der Waals surface area (Å²) in [7, 11) is 0. The smallest absolute Gasteiger partial charge is 0.248 e. The first-order chi connectivity index (χ1) is 23.2. The molecule has 0 aliphatic carbocycles. The molecule has 0 saturated heterocycles. The SMILES string of the molecule is Cc1[nH]cc[nH+]1.Cc1[nH]cc[nH+]1.Cc1[nH]cc[nH+]1.Cc1[nH]cc[nH+]1.Cc1[nH]cc[nH+]1.Cc1[nH]cc[nH+]1.Cc1ncc[nH]1.Cc1ncc[nH]1.O.O.[Mo].[Mo].[Mo].[Mo].[Mo].[Mo].[Mo].[O-2].[O-2].[O-2].[O-2].[O-2].[O-2].[O-2].[O-2].[O-2].[O-2].[O-2].[O-2].[O-2].[O-2].[O-2].[O-2].[O-2].[O-2].[O-2].[O-2].[O-2].[O-2].[O-2].[O-2]. The molecule has 0 aliphatic rings. The van der Waals surface area contributed by atoms with Gasteiger partial charge in [-0.1, -0.05) is 0 Å². The number of imidazole rings is 8. The molecule has 8 rings (SSSR count). The average molecular weight is 1750 g/mol. The second kappa shape index (κ2) is 158. The van der Waals surface area contributed by atoms with Crippen LogP contribution in [0.4, 0.5) is 0 Å². The molecule has 49 heteroatoms. The first kappa shape index (κ1) is 228. The maximum atomic E-state index is 3.86. The van der Waals surface area contributed by atoms with Crippen molar-refractivity contribution in [1.29, 1.82) is 0 Å². The molecule has 0 radical (unpaired) electrons. The van der Waals surface area contributed by atoms with Gasteiger partial charge in [0.15, 0.2) is 0 Å². The van der Waals surface area contributed by atoms with Gasteiger partial charge in [-0.25, -0.2) is 69.8 Å². The summed E-state index contributed by atoms with van der Waals surface area (Å²) in [6.45, 7) is 15.7. The number of hydrogen-bond donors (Lipinski definition) is 8. The topological polar surface area (TPSA) is 984 Å². The van der Waals surface area contributed by atoms with Crippen molar-refractivity contribution in [2.75, 3.05) is 0 Å². The zero-order valence-electron chi connectivity index (χ0n) is 42.8. The van der Waals surface area contributed by atoms with E-state index in [4.69, 9.17) is 0 Å². The van der Waals surface area contributed by atoms with Crippen molar-refractivity contribution in [3.63, 3.8) is 0 Å². The third-order valence-electron chi connectivity index (χ3n) is 5.37. The molecule has 81 heavy (non-hydrogen) atoms. The fraction of sp³-hybridized carbons (Fsp3) is 0.250. The molecule has 0 fully saturated rings. The van der Waals surface area contributed by atoms with Crippen LogP contribution in [0.2, 0.25) is 0 Å². The number of aryl methyl sites for hydroxylation is 8. The van der Waals surface area contributed by atoms with Gasteiger partial charge in [-0.3, -0.25) is 0 Å². The molecule has 8 heterocycles. The molecule has 8 aromatic heterocycles. The largest absolute Gasteiger partial charge is 2.00 e. The molecular weight excluding hydrogens is 1700 g/mol. The fourth-order valence-electron chi connectivity index (χ4n) is 2.94. The molecule has 0 amide bonds. The molecule has 0 atom stereocenters. The van der Waals surface area contributed by atoms with E-state index in [0.29, 0.717) is 0 Å². The summed E-state index contributed by atoms with van der Waals surface area (Å²) in [5.74, 6) is 8.49. The van der Waals surface area contributed by atoms with Crippen molar-refractivity contribution < 1.29 is 320 Å². The van der Waals surface area contributed by atoms with E-state index in [2.05, 4.69) is 79.7 Å². The maximum Gasteiger partial charge on any atom is 0.248 e. The molecule has 506 valence electrons. The molecule has 0 saturated carbocycles. The van der Waals surface area contributed by atoms with Crippen LogP contribution >= 0.6 is 0 Å². The minimum absolute atomic E-state index is 0. The normalized spacial score (nSPS) is 5.23. The maximum absolute atomic E-state index is 3.86. The van der Waals surface area contributed by atoms with Crippen LogP contribution in [0.3, 0.4) is 0 Å². The van der Waals surface area contributed by atoms with Crippen LogP contribution < -0.4 is 29.9 Å². The van der Waals surface area contributed by atoms with Crippen molar-refractivity contribution in [2.24, 2.45) is 0 Å². The van der Waals surface area contributed by atoms with Gasteiger partial charge in [0.05, 0.1) is 0 Å². The Morgan fingerprint density at radius 2 is 0.346 bits per heavy atom. The summed E-state index contributed by atoms with van der Waals surface area (Å²) in [5.41, 5.74) is 0. The van der Waals surface area contributed by atoms with Gasteiger partial charge in [-0.05, 0) is 13.8 Å². The molecule has 0 spiro atoms.